The fourth-order valence-electron chi connectivity index (χ4n) is 2.81. The molecule has 0 radical (unpaired) electrons. The number of benzene rings is 1. The number of hydrogen-bond acceptors (Lipinski definition) is 3. The van der Waals surface area contributed by atoms with Crippen molar-refractivity contribution in [1.29, 1.82) is 0 Å². The molecule has 1 aromatic heterocycles. The molecule has 0 unspecified atom stereocenters. The molecule has 1 aromatic carbocycles. The molecule has 3 rings (SSSR count). The number of aryl methyl sites for hydroxylation is 1. The summed E-state index contributed by atoms with van der Waals surface area (Å²) in [5.74, 6) is 0. The Morgan fingerprint density at radius 3 is 3.15 bits per heavy atom. The van der Waals surface area contributed by atoms with Crippen molar-refractivity contribution in [3.8, 4) is 0 Å². The Bertz CT molecular complexity index is 548. The molecule has 0 saturated heterocycles. The lowest BCUT2D eigenvalue weighted by Crippen LogP contribution is -2.25. The number of fused-ring (bicyclic) bond motifs is 1. The van der Waals surface area contributed by atoms with Gasteiger partial charge in [0.1, 0.15) is 0 Å². The van der Waals surface area contributed by atoms with Gasteiger partial charge in [0.25, 0.3) is 0 Å². The lowest BCUT2D eigenvalue weighted by atomic mass is 9.99. The van der Waals surface area contributed by atoms with E-state index < -0.39 is 0 Å². The highest BCUT2D eigenvalue weighted by molar-refractivity contribution is 5.56. The average molecular weight is 270 g/mol. The summed E-state index contributed by atoms with van der Waals surface area (Å²) < 4.78 is 1.95. The Kier molecular flexibility index (Phi) is 4.02. The summed E-state index contributed by atoms with van der Waals surface area (Å²) in [6.07, 6.45) is 6.29. The largest absolute Gasteiger partial charge is 0.374 e. The predicted octanol–water partition coefficient (Wildman–Crippen LogP) is 2.06. The quantitative estimate of drug-likeness (QED) is 0.844. The SMILES string of the molecule is CN1CCCc2cc(CNCCn3cccn3)ccc21. The van der Waals surface area contributed by atoms with Crippen molar-refractivity contribution in [3.63, 3.8) is 0 Å². The fourth-order valence-corrected chi connectivity index (χ4v) is 2.81. The van der Waals surface area contributed by atoms with Gasteiger partial charge in [-0.3, -0.25) is 4.68 Å². The summed E-state index contributed by atoms with van der Waals surface area (Å²) in [6, 6.07) is 8.81. The third-order valence-corrected chi connectivity index (χ3v) is 3.90. The van der Waals surface area contributed by atoms with Gasteiger partial charge in [0.05, 0.1) is 6.54 Å². The number of aromatic nitrogens is 2. The first-order chi connectivity index (χ1) is 9.83. The van der Waals surface area contributed by atoms with Crippen LogP contribution in [-0.4, -0.2) is 29.9 Å². The van der Waals surface area contributed by atoms with Gasteiger partial charge in [0, 0.05) is 44.8 Å². The van der Waals surface area contributed by atoms with E-state index in [4.69, 9.17) is 0 Å². The van der Waals surface area contributed by atoms with Gasteiger partial charge in [-0.1, -0.05) is 12.1 Å². The lowest BCUT2D eigenvalue weighted by Gasteiger charge is -2.27. The lowest BCUT2D eigenvalue weighted by molar-refractivity contribution is 0.554. The molecule has 2 aromatic rings. The molecule has 0 aliphatic carbocycles. The van der Waals surface area contributed by atoms with Gasteiger partial charge in [-0.2, -0.15) is 5.10 Å². The van der Waals surface area contributed by atoms with E-state index in [2.05, 4.69) is 40.6 Å². The van der Waals surface area contributed by atoms with Gasteiger partial charge in [-0.05, 0) is 36.1 Å². The molecule has 0 saturated carbocycles. The van der Waals surface area contributed by atoms with E-state index in [1.165, 1.54) is 36.2 Å². The summed E-state index contributed by atoms with van der Waals surface area (Å²) in [6.45, 7) is 3.96. The van der Waals surface area contributed by atoms with E-state index >= 15 is 0 Å². The first kappa shape index (κ1) is 13.2. The minimum absolute atomic E-state index is 0.917. The van der Waals surface area contributed by atoms with E-state index in [1.807, 2.05) is 23.1 Å². The molecule has 20 heavy (non-hydrogen) atoms. The molecule has 0 spiro atoms. The van der Waals surface area contributed by atoms with Crippen LogP contribution in [0.5, 0.6) is 0 Å². The number of rotatable bonds is 5. The summed E-state index contributed by atoms with van der Waals surface area (Å²) in [7, 11) is 2.18. The molecule has 0 fully saturated rings. The maximum atomic E-state index is 4.20. The topological polar surface area (TPSA) is 33.1 Å². The van der Waals surface area contributed by atoms with Crippen molar-refractivity contribution < 1.29 is 0 Å². The zero-order valence-corrected chi connectivity index (χ0v) is 12.0. The highest BCUT2D eigenvalue weighted by Crippen LogP contribution is 2.26. The van der Waals surface area contributed by atoms with Crippen molar-refractivity contribution in [2.45, 2.75) is 25.9 Å². The van der Waals surface area contributed by atoms with Crippen LogP contribution in [0.3, 0.4) is 0 Å². The van der Waals surface area contributed by atoms with Crippen LogP contribution in [0.1, 0.15) is 17.5 Å². The van der Waals surface area contributed by atoms with Crippen molar-refractivity contribution in [3.05, 3.63) is 47.8 Å². The summed E-state index contributed by atoms with van der Waals surface area (Å²) in [4.78, 5) is 2.35. The van der Waals surface area contributed by atoms with Gasteiger partial charge in [0.15, 0.2) is 0 Å². The number of hydrogen-bond donors (Lipinski definition) is 1. The van der Waals surface area contributed by atoms with E-state index in [0.29, 0.717) is 0 Å². The van der Waals surface area contributed by atoms with Crippen LogP contribution in [0.4, 0.5) is 5.69 Å². The van der Waals surface area contributed by atoms with Gasteiger partial charge in [-0.25, -0.2) is 0 Å². The van der Waals surface area contributed by atoms with Crippen LogP contribution >= 0.6 is 0 Å². The van der Waals surface area contributed by atoms with E-state index in [-0.39, 0.29) is 0 Å². The molecule has 1 aliphatic heterocycles. The van der Waals surface area contributed by atoms with Crippen molar-refractivity contribution >= 4 is 5.69 Å². The van der Waals surface area contributed by atoms with Gasteiger partial charge in [0.2, 0.25) is 0 Å². The van der Waals surface area contributed by atoms with E-state index in [9.17, 15) is 0 Å². The molecule has 0 amide bonds. The molecule has 1 N–H and O–H groups in total. The van der Waals surface area contributed by atoms with Crippen molar-refractivity contribution in [1.82, 2.24) is 15.1 Å². The zero-order chi connectivity index (χ0) is 13.8. The first-order valence-corrected chi connectivity index (χ1v) is 7.34. The minimum Gasteiger partial charge on any atom is -0.374 e. The number of nitrogens with zero attached hydrogens (tertiary/aromatic N) is 3. The smallest absolute Gasteiger partial charge is 0.0534 e. The standard InChI is InChI=1S/C16H22N4/c1-19-9-2-4-15-12-14(5-6-16(15)19)13-17-8-11-20-10-3-7-18-20/h3,5-7,10,12,17H,2,4,8-9,11,13H2,1H3. The van der Waals surface area contributed by atoms with Crippen LogP contribution in [0.15, 0.2) is 36.7 Å². The molecule has 2 heterocycles. The van der Waals surface area contributed by atoms with Crippen LogP contribution in [0.2, 0.25) is 0 Å². The Labute approximate surface area is 120 Å². The number of nitrogens with one attached hydrogen (secondary N) is 1. The second-order valence-electron chi connectivity index (χ2n) is 5.43. The summed E-state index contributed by atoms with van der Waals surface area (Å²) in [5.41, 5.74) is 4.26. The van der Waals surface area contributed by atoms with E-state index in [1.54, 1.807) is 0 Å². The van der Waals surface area contributed by atoms with Crippen LogP contribution < -0.4 is 10.2 Å². The molecule has 4 heteroatoms. The van der Waals surface area contributed by atoms with Gasteiger partial charge < -0.3 is 10.2 Å². The number of anilines is 1. The zero-order valence-electron chi connectivity index (χ0n) is 12.0. The molecule has 1 aliphatic rings. The highest BCUT2D eigenvalue weighted by Gasteiger charge is 2.13. The second-order valence-corrected chi connectivity index (χ2v) is 5.43. The molecular formula is C16H22N4. The third-order valence-electron chi connectivity index (χ3n) is 3.90. The monoisotopic (exact) mass is 270 g/mol. The minimum atomic E-state index is 0.917. The van der Waals surface area contributed by atoms with Crippen LogP contribution in [0.25, 0.3) is 0 Å². The van der Waals surface area contributed by atoms with E-state index in [0.717, 1.165) is 19.6 Å². The molecule has 4 nitrogen and oxygen atoms in total. The maximum Gasteiger partial charge on any atom is 0.0534 e. The Hall–Kier alpha value is -1.81. The molecule has 0 atom stereocenters. The van der Waals surface area contributed by atoms with Crippen molar-refractivity contribution in [2.75, 3.05) is 25.0 Å². The maximum absolute atomic E-state index is 4.20. The predicted molar refractivity (Wildman–Crippen MR) is 82.0 cm³/mol. The summed E-state index contributed by atoms with van der Waals surface area (Å²) >= 11 is 0. The van der Waals surface area contributed by atoms with Crippen LogP contribution in [0, 0.1) is 0 Å². The Morgan fingerprint density at radius 1 is 1.35 bits per heavy atom. The molecule has 106 valence electrons. The molecular weight excluding hydrogens is 248 g/mol. The van der Waals surface area contributed by atoms with Gasteiger partial charge >= 0.3 is 0 Å². The average Bonchev–Trinajstić information content (AvgIpc) is 2.97. The van der Waals surface area contributed by atoms with Gasteiger partial charge in [-0.15, -0.1) is 0 Å². The molecule has 0 bridgehead atoms. The van der Waals surface area contributed by atoms with Crippen molar-refractivity contribution in [2.24, 2.45) is 0 Å². The second kappa shape index (κ2) is 6.09. The fraction of sp³-hybridized carbons (Fsp3) is 0.438. The third kappa shape index (κ3) is 3.02. The highest BCUT2D eigenvalue weighted by atomic mass is 15.3. The first-order valence-electron chi connectivity index (χ1n) is 7.34. The van der Waals surface area contributed by atoms with Crippen LogP contribution in [-0.2, 0) is 19.5 Å². The Morgan fingerprint density at radius 2 is 2.30 bits per heavy atom. The normalized spacial score (nSPS) is 14.3. The Balaban J connectivity index is 1.53. The summed E-state index contributed by atoms with van der Waals surface area (Å²) in [5, 5.41) is 7.68.